The van der Waals surface area contributed by atoms with Gasteiger partial charge in [0.2, 0.25) is 0 Å². The average Bonchev–Trinajstić information content (AvgIpc) is 2.30. The smallest absolute Gasteiger partial charge is 0.122 e. The molecule has 0 amide bonds. The van der Waals surface area contributed by atoms with Gasteiger partial charge in [0.05, 0.1) is 7.11 Å². The zero-order valence-corrected chi connectivity index (χ0v) is 9.12. The fourth-order valence-corrected chi connectivity index (χ4v) is 2.19. The van der Waals surface area contributed by atoms with Crippen molar-refractivity contribution in [3.05, 3.63) is 23.8 Å². The summed E-state index contributed by atoms with van der Waals surface area (Å²) in [4.78, 5) is 0. The van der Waals surface area contributed by atoms with Crippen LogP contribution in [0.25, 0.3) is 0 Å². The first-order valence-corrected chi connectivity index (χ1v) is 5.45. The van der Waals surface area contributed by atoms with Crippen LogP contribution in [0, 0.1) is 0 Å². The molecule has 1 unspecified atom stereocenters. The number of methoxy groups -OCH3 is 1. The van der Waals surface area contributed by atoms with Crippen molar-refractivity contribution in [2.24, 2.45) is 0 Å². The van der Waals surface area contributed by atoms with Gasteiger partial charge in [0.15, 0.2) is 0 Å². The van der Waals surface area contributed by atoms with Gasteiger partial charge in [-0.05, 0) is 37.6 Å². The number of rotatable bonds is 2. The number of nitrogens with two attached hydrogens (primary N) is 1. The highest BCUT2D eigenvalue weighted by atomic mass is 16.5. The van der Waals surface area contributed by atoms with Crippen molar-refractivity contribution in [1.82, 2.24) is 5.32 Å². The van der Waals surface area contributed by atoms with E-state index in [0.29, 0.717) is 5.92 Å². The van der Waals surface area contributed by atoms with Gasteiger partial charge in [-0.15, -0.1) is 0 Å². The summed E-state index contributed by atoms with van der Waals surface area (Å²) >= 11 is 0. The van der Waals surface area contributed by atoms with E-state index in [1.807, 2.05) is 18.2 Å². The van der Waals surface area contributed by atoms with Crippen LogP contribution in [0.4, 0.5) is 5.69 Å². The van der Waals surface area contributed by atoms with Gasteiger partial charge in [0, 0.05) is 23.7 Å². The predicted molar refractivity (Wildman–Crippen MR) is 62.3 cm³/mol. The maximum absolute atomic E-state index is 5.81. The lowest BCUT2D eigenvalue weighted by Crippen LogP contribution is -2.28. The van der Waals surface area contributed by atoms with E-state index in [2.05, 4.69) is 5.32 Å². The molecule has 1 aliphatic heterocycles. The van der Waals surface area contributed by atoms with Gasteiger partial charge in [0.25, 0.3) is 0 Å². The van der Waals surface area contributed by atoms with E-state index >= 15 is 0 Å². The molecule has 1 heterocycles. The van der Waals surface area contributed by atoms with E-state index in [9.17, 15) is 0 Å². The SMILES string of the molecule is COc1ccc(N)cc1C1CCCNC1. The molecule has 1 aromatic rings. The van der Waals surface area contributed by atoms with Gasteiger partial charge in [-0.2, -0.15) is 0 Å². The Morgan fingerprint density at radius 3 is 3.00 bits per heavy atom. The van der Waals surface area contributed by atoms with Crippen LogP contribution in [0.5, 0.6) is 5.75 Å². The highest BCUT2D eigenvalue weighted by molar-refractivity contribution is 5.49. The first-order valence-electron chi connectivity index (χ1n) is 5.45. The summed E-state index contributed by atoms with van der Waals surface area (Å²) in [6.07, 6.45) is 2.44. The molecule has 0 spiro atoms. The van der Waals surface area contributed by atoms with E-state index in [1.165, 1.54) is 18.4 Å². The van der Waals surface area contributed by atoms with Crippen LogP contribution in [0.1, 0.15) is 24.3 Å². The number of benzene rings is 1. The summed E-state index contributed by atoms with van der Waals surface area (Å²) in [6, 6.07) is 5.88. The molecule has 82 valence electrons. The van der Waals surface area contributed by atoms with Gasteiger partial charge < -0.3 is 15.8 Å². The molecule has 1 atom stereocenters. The van der Waals surface area contributed by atoms with Crippen LogP contribution in [-0.2, 0) is 0 Å². The van der Waals surface area contributed by atoms with Crippen LogP contribution in [0.3, 0.4) is 0 Å². The van der Waals surface area contributed by atoms with E-state index in [1.54, 1.807) is 7.11 Å². The van der Waals surface area contributed by atoms with Gasteiger partial charge in [-0.25, -0.2) is 0 Å². The van der Waals surface area contributed by atoms with Crippen LogP contribution in [0.15, 0.2) is 18.2 Å². The molecule has 1 saturated heterocycles. The Bertz CT molecular complexity index is 332. The molecule has 0 aromatic heterocycles. The highest BCUT2D eigenvalue weighted by Crippen LogP contribution is 2.32. The lowest BCUT2D eigenvalue weighted by atomic mass is 9.90. The van der Waals surface area contributed by atoms with Crippen LogP contribution >= 0.6 is 0 Å². The fraction of sp³-hybridized carbons (Fsp3) is 0.500. The third kappa shape index (κ3) is 2.23. The first kappa shape index (κ1) is 10.3. The molecule has 3 nitrogen and oxygen atoms in total. The van der Waals surface area contributed by atoms with Gasteiger partial charge in [-0.1, -0.05) is 0 Å². The number of nitrogen functional groups attached to an aromatic ring is 1. The minimum Gasteiger partial charge on any atom is -0.496 e. The van der Waals surface area contributed by atoms with Crippen molar-refractivity contribution < 1.29 is 4.74 Å². The van der Waals surface area contributed by atoms with E-state index < -0.39 is 0 Å². The number of nitrogens with one attached hydrogen (secondary N) is 1. The summed E-state index contributed by atoms with van der Waals surface area (Å²) in [7, 11) is 1.71. The Labute approximate surface area is 90.6 Å². The summed E-state index contributed by atoms with van der Waals surface area (Å²) < 4.78 is 5.37. The molecular weight excluding hydrogens is 188 g/mol. The zero-order chi connectivity index (χ0) is 10.7. The van der Waals surface area contributed by atoms with Gasteiger partial charge in [-0.3, -0.25) is 0 Å². The molecule has 0 bridgehead atoms. The van der Waals surface area contributed by atoms with E-state index in [-0.39, 0.29) is 0 Å². The summed E-state index contributed by atoms with van der Waals surface area (Å²) in [5.74, 6) is 1.50. The molecule has 0 aliphatic carbocycles. The highest BCUT2D eigenvalue weighted by Gasteiger charge is 2.18. The average molecular weight is 206 g/mol. The zero-order valence-electron chi connectivity index (χ0n) is 9.12. The van der Waals surface area contributed by atoms with Crippen molar-refractivity contribution in [3.8, 4) is 5.75 Å². The van der Waals surface area contributed by atoms with E-state index in [4.69, 9.17) is 10.5 Å². The normalized spacial score (nSPS) is 21.3. The van der Waals surface area contributed by atoms with Crippen molar-refractivity contribution >= 4 is 5.69 Å². The number of hydrogen-bond donors (Lipinski definition) is 2. The lowest BCUT2D eigenvalue weighted by Gasteiger charge is -2.24. The minimum atomic E-state index is 0.539. The number of piperidine rings is 1. The number of anilines is 1. The van der Waals surface area contributed by atoms with Crippen LogP contribution in [-0.4, -0.2) is 20.2 Å². The fourth-order valence-electron chi connectivity index (χ4n) is 2.19. The molecule has 3 N–H and O–H groups in total. The molecule has 0 radical (unpaired) electrons. The molecular formula is C12H18N2O. The Kier molecular flexibility index (Phi) is 3.11. The second-order valence-corrected chi connectivity index (χ2v) is 4.04. The topological polar surface area (TPSA) is 47.3 Å². The maximum atomic E-state index is 5.81. The van der Waals surface area contributed by atoms with Gasteiger partial charge in [0.1, 0.15) is 5.75 Å². The van der Waals surface area contributed by atoms with Crippen molar-refractivity contribution in [2.45, 2.75) is 18.8 Å². The van der Waals surface area contributed by atoms with Crippen molar-refractivity contribution in [1.29, 1.82) is 0 Å². The summed E-state index contributed by atoms with van der Waals surface area (Å²) in [5.41, 5.74) is 7.87. The molecule has 1 fully saturated rings. The summed E-state index contributed by atoms with van der Waals surface area (Å²) in [5, 5.41) is 3.41. The third-order valence-corrected chi connectivity index (χ3v) is 2.99. The maximum Gasteiger partial charge on any atom is 0.122 e. The summed E-state index contributed by atoms with van der Waals surface area (Å²) in [6.45, 7) is 2.15. The molecule has 15 heavy (non-hydrogen) atoms. The molecule has 1 aromatic carbocycles. The Balaban J connectivity index is 2.27. The van der Waals surface area contributed by atoms with Crippen molar-refractivity contribution in [3.63, 3.8) is 0 Å². The molecule has 2 rings (SSSR count). The largest absolute Gasteiger partial charge is 0.496 e. The molecule has 0 saturated carbocycles. The van der Waals surface area contributed by atoms with E-state index in [0.717, 1.165) is 24.5 Å². The van der Waals surface area contributed by atoms with Crippen LogP contribution in [0.2, 0.25) is 0 Å². The molecule has 3 heteroatoms. The lowest BCUT2D eigenvalue weighted by molar-refractivity contribution is 0.392. The van der Waals surface area contributed by atoms with Crippen molar-refractivity contribution in [2.75, 3.05) is 25.9 Å². The number of ether oxygens (including phenoxy) is 1. The monoisotopic (exact) mass is 206 g/mol. The Morgan fingerprint density at radius 2 is 2.33 bits per heavy atom. The third-order valence-electron chi connectivity index (χ3n) is 2.99. The first-order chi connectivity index (χ1) is 7.31. The van der Waals surface area contributed by atoms with Gasteiger partial charge >= 0.3 is 0 Å². The second-order valence-electron chi connectivity index (χ2n) is 4.04. The second kappa shape index (κ2) is 4.53. The minimum absolute atomic E-state index is 0.539. The van der Waals surface area contributed by atoms with Crippen LogP contribution < -0.4 is 15.8 Å². The Hall–Kier alpha value is -1.22. The number of hydrogen-bond acceptors (Lipinski definition) is 3. The quantitative estimate of drug-likeness (QED) is 0.725. The standard InChI is InChI=1S/C12H18N2O/c1-15-12-5-4-10(13)7-11(12)9-3-2-6-14-8-9/h4-5,7,9,14H,2-3,6,8,13H2,1H3. The predicted octanol–water partition coefficient (Wildman–Crippen LogP) is 1.74. The molecule has 1 aliphatic rings. The Morgan fingerprint density at radius 1 is 1.47 bits per heavy atom.